The molecule has 1 fully saturated rings. The van der Waals surface area contributed by atoms with Crippen LogP contribution in [0.3, 0.4) is 0 Å². The Morgan fingerprint density at radius 2 is 2.04 bits per heavy atom. The molecular formula is C17H21BrN2O4S. The number of hydrogen-bond donors (Lipinski definition) is 1. The van der Waals surface area contributed by atoms with Crippen LogP contribution in [0, 0.1) is 5.92 Å². The van der Waals surface area contributed by atoms with E-state index in [0.717, 1.165) is 0 Å². The highest BCUT2D eigenvalue weighted by molar-refractivity contribution is 9.10. The molecule has 1 heterocycles. The maximum Gasteiger partial charge on any atom is 0.309 e. The van der Waals surface area contributed by atoms with Crippen molar-refractivity contribution in [3.05, 3.63) is 28.2 Å². The topological polar surface area (TPSA) is 67.9 Å². The number of ether oxygens (including phenoxy) is 2. The predicted molar refractivity (Wildman–Crippen MR) is 102 cm³/mol. The van der Waals surface area contributed by atoms with Crippen LogP contribution in [0.15, 0.2) is 22.7 Å². The summed E-state index contributed by atoms with van der Waals surface area (Å²) in [6.45, 7) is 3.43. The lowest BCUT2D eigenvalue weighted by atomic mass is 9.97. The van der Waals surface area contributed by atoms with E-state index >= 15 is 0 Å². The molecule has 1 amide bonds. The van der Waals surface area contributed by atoms with Gasteiger partial charge in [-0.15, -0.1) is 0 Å². The number of nitrogens with zero attached hydrogens (tertiary/aromatic N) is 1. The molecule has 0 saturated carbocycles. The van der Waals surface area contributed by atoms with Gasteiger partial charge in [0.2, 0.25) is 0 Å². The van der Waals surface area contributed by atoms with Gasteiger partial charge < -0.3 is 14.4 Å². The van der Waals surface area contributed by atoms with Crippen LogP contribution in [0.25, 0.3) is 0 Å². The zero-order valence-electron chi connectivity index (χ0n) is 14.2. The van der Waals surface area contributed by atoms with Gasteiger partial charge in [0.25, 0.3) is 5.91 Å². The number of amides is 1. The number of halogens is 1. The van der Waals surface area contributed by atoms with Crippen LogP contribution < -0.4 is 10.1 Å². The highest BCUT2D eigenvalue weighted by Gasteiger charge is 2.27. The molecule has 1 N–H and O–H groups in total. The van der Waals surface area contributed by atoms with E-state index < -0.39 is 0 Å². The van der Waals surface area contributed by atoms with Crippen molar-refractivity contribution < 1.29 is 19.1 Å². The molecule has 6 nitrogen and oxygen atoms in total. The van der Waals surface area contributed by atoms with Crippen molar-refractivity contribution in [1.82, 2.24) is 10.2 Å². The van der Waals surface area contributed by atoms with Crippen molar-refractivity contribution in [3.63, 3.8) is 0 Å². The maximum absolute atomic E-state index is 12.3. The van der Waals surface area contributed by atoms with Gasteiger partial charge in [-0.3, -0.25) is 14.9 Å². The van der Waals surface area contributed by atoms with E-state index in [1.54, 1.807) is 32.2 Å². The minimum atomic E-state index is -0.277. The van der Waals surface area contributed by atoms with Gasteiger partial charge in [-0.05, 0) is 66.1 Å². The molecule has 0 bridgehead atoms. The van der Waals surface area contributed by atoms with Gasteiger partial charge in [-0.2, -0.15) is 0 Å². The SMILES string of the molecule is CCOC(=O)C1CCN(C(=S)NC(=O)c2ccc(OC)c(Br)c2)CC1. The van der Waals surface area contributed by atoms with Gasteiger partial charge in [0.1, 0.15) is 5.75 Å². The summed E-state index contributed by atoms with van der Waals surface area (Å²) in [4.78, 5) is 26.0. The minimum absolute atomic E-state index is 0.0905. The van der Waals surface area contributed by atoms with E-state index in [9.17, 15) is 9.59 Å². The maximum atomic E-state index is 12.3. The van der Waals surface area contributed by atoms with E-state index in [1.165, 1.54) is 0 Å². The smallest absolute Gasteiger partial charge is 0.309 e. The van der Waals surface area contributed by atoms with Gasteiger partial charge >= 0.3 is 5.97 Å². The molecule has 0 spiro atoms. The van der Waals surface area contributed by atoms with Crippen molar-refractivity contribution in [3.8, 4) is 5.75 Å². The second-order valence-corrected chi connectivity index (χ2v) is 6.86. The number of thiocarbonyl (C=S) groups is 1. The number of carbonyl (C=O) groups is 2. The van der Waals surface area contributed by atoms with Crippen LogP contribution in [-0.4, -0.2) is 48.7 Å². The number of benzene rings is 1. The molecule has 1 aromatic carbocycles. The Balaban J connectivity index is 1.89. The van der Waals surface area contributed by atoms with Gasteiger partial charge in [0, 0.05) is 18.7 Å². The number of rotatable bonds is 4. The van der Waals surface area contributed by atoms with Crippen molar-refractivity contribution in [2.75, 3.05) is 26.8 Å². The number of methoxy groups -OCH3 is 1. The molecule has 8 heteroatoms. The first-order valence-corrected chi connectivity index (χ1v) is 9.26. The Morgan fingerprint density at radius 3 is 2.60 bits per heavy atom. The monoisotopic (exact) mass is 428 g/mol. The zero-order valence-corrected chi connectivity index (χ0v) is 16.6. The summed E-state index contributed by atoms with van der Waals surface area (Å²) in [5, 5.41) is 3.11. The van der Waals surface area contributed by atoms with Gasteiger partial charge in [-0.1, -0.05) is 0 Å². The summed E-state index contributed by atoms with van der Waals surface area (Å²) in [6, 6.07) is 5.07. The van der Waals surface area contributed by atoms with Crippen molar-refractivity contribution in [2.45, 2.75) is 19.8 Å². The van der Waals surface area contributed by atoms with Gasteiger partial charge in [0.05, 0.1) is 24.1 Å². The third-order valence-electron chi connectivity index (χ3n) is 4.04. The lowest BCUT2D eigenvalue weighted by Gasteiger charge is -2.32. The summed E-state index contributed by atoms with van der Waals surface area (Å²) in [7, 11) is 1.56. The molecule has 1 saturated heterocycles. The average Bonchev–Trinajstić information content (AvgIpc) is 2.61. The highest BCUT2D eigenvalue weighted by Crippen LogP contribution is 2.25. The molecule has 1 aromatic rings. The summed E-state index contributed by atoms with van der Waals surface area (Å²) in [5.41, 5.74) is 0.483. The first-order valence-electron chi connectivity index (χ1n) is 8.06. The lowest BCUT2D eigenvalue weighted by molar-refractivity contribution is -0.149. The molecule has 2 rings (SSSR count). The van der Waals surface area contributed by atoms with Gasteiger partial charge in [0.15, 0.2) is 5.11 Å². The number of nitrogens with one attached hydrogen (secondary N) is 1. The van der Waals surface area contributed by atoms with E-state index in [1.807, 2.05) is 4.90 Å². The number of piperidine rings is 1. The minimum Gasteiger partial charge on any atom is -0.496 e. The molecule has 25 heavy (non-hydrogen) atoms. The second-order valence-electron chi connectivity index (χ2n) is 5.62. The van der Waals surface area contributed by atoms with Crippen molar-refractivity contribution in [2.24, 2.45) is 5.92 Å². The van der Waals surface area contributed by atoms with Crippen LogP contribution in [0.2, 0.25) is 0 Å². The van der Waals surface area contributed by atoms with Crippen LogP contribution in [0.5, 0.6) is 5.75 Å². The molecule has 0 atom stereocenters. The molecular weight excluding hydrogens is 408 g/mol. The highest BCUT2D eigenvalue weighted by atomic mass is 79.9. The van der Waals surface area contributed by atoms with E-state index in [-0.39, 0.29) is 17.8 Å². The van der Waals surface area contributed by atoms with Crippen LogP contribution in [0.1, 0.15) is 30.1 Å². The zero-order chi connectivity index (χ0) is 18.4. The number of hydrogen-bond acceptors (Lipinski definition) is 5. The molecule has 1 aliphatic rings. The van der Waals surface area contributed by atoms with Crippen molar-refractivity contribution in [1.29, 1.82) is 0 Å². The Labute approximate surface area is 161 Å². The Kier molecular flexibility index (Phi) is 7.19. The largest absolute Gasteiger partial charge is 0.496 e. The van der Waals surface area contributed by atoms with Gasteiger partial charge in [-0.25, -0.2) is 0 Å². The first kappa shape index (κ1) is 19.7. The van der Waals surface area contributed by atoms with Crippen LogP contribution in [0.4, 0.5) is 0 Å². The Bertz CT molecular complexity index is 660. The summed E-state index contributed by atoms with van der Waals surface area (Å²) >= 11 is 8.69. The molecule has 0 radical (unpaired) electrons. The second kappa shape index (κ2) is 9.15. The van der Waals surface area contributed by atoms with E-state index in [2.05, 4.69) is 21.2 Å². The predicted octanol–water partition coefficient (Wildman–Crippen LogP) is 2.75. The Hall–Kier alpha value is -1.67. The third-order valence-corrected chi connectivity index (χ3v) is 5.02. The molecule has 0 aliphatic carbocycles. The third kappa shape index (κ3) is 5.15. The summed E-state index contributed by atoms with van der Waals surface area (Å²) in [5.74, 6) is 0.133. The van der Waals surface area contributed by atoms with E-state index in [4.69, 9.17) is 21.7 Å². The summed E-state index contributed by atoms with van der Waals surface area (Å²) < 4.78 is 10.9. The number of likely N-dealkylation sites (tertiary alicyclic amines) is 1. The molecule has 0 unspecified atom stereocenters. The number of esters is 1. The average molecular weight is 429 g/mol. The fraction of sp³-hybridized carbons (Fsp3) is 0.471. The van der Waals surface area contributed by atoms with Crippen molar-refractivity contribution >= 4 is 45.1 Å². The number of carbonyl (C=O) groups excluding carboxylic acids is 2. The van der Waals surface area contributed by atoms with E-state index in [0.29, 0.717) is 53.4 Å². The quantitative estimate of drug-likeness (QED) is 0.587. The molecule has 136 valence electrons. The van der Waals surface area contributed by atoms with Crippen LogP contribution >= 0.6 is 28.1 Å². The van der Waals surface area contributed by atoms with Crippen LogP contribution in [-0.2, 0) is 9.53 Å². The lowest BCUT2D eigenvalue weighted by Crippen LogP contribution is -2.47. The summed E-state index contributed by atoms with van der Waals surface area (Å²) in [6.07, 6.45) is 1.34. The first-order chi connectivity index (χ1) is 12.0. The fourth-order valence-electron chi connectivity index (χ4n) is 2.63. The fourth-order valence-corrected chi connectivity index (χ4v) is 3.45. The molecule has 0 aromatic heterocycles. The normalized spacial score (nSPS) is 14.8. The Morgan fingerprint density at radius 1 is 1.36 bits per heavy atom. The standard InChI is InChI=1S/C17H21BrN2O4S/c1-3-24-16(22)11-6-8-20(9-7-11)17(25)19-15(21)12-4-5-14(23-2)13(18)10-12/h4-5,10-11H,3,6-9H2,1-2H3,(H,19,21,25). The molecule has 1 aliphatic heterocycles.